The van der Waals surface area contributed by atoms with Gasteiger partial charge >= 0.3 is 0 Å². The lowest BCUT2D eigenvalue weighted by Gasteiger charge is -2.08. The highest BCUT2D eigenvalue weighted by molar-refractivity contribution is 6.33. The Kier molecular flexibility index (Phi) is 3.98. The minimum Gasteiger partial charge on any atom is -0.507 e. The number of aromatic nitrogens is 3. The summed E-state index contributed by atoms with van der Waals surface area (Å²) in [5, 5.41) is 13.0. The number of rotatable bonds is 3. The molecule has 4 rings (SSSR count). The SMILES string of the molecule is O=C(Nc1ccc(O)c(-c2nc3cnccc3o2)c1)c1cccnc1Cl. The Hall–Kier alpha value is -3.45. The number of benzene rings is 1. The maximum absolute atomic E-state index is 12.4. The summed E-state index contributed by atoms with van der Waals surface area (Å²) in [7, 11) is 0. The first kappa shape index (κ1) is 16.0. The lowest BCUT2D eigenvalue weighted by Crippen LogP contribution is -2.12. The highest BCUT2D eigenvalue weighted by Crippen LogP contribution is 2.33. The number of pyridine rings is 2. The van der Waals surface area contributed by atoms with Crippen molar-refractivity contribution in [1.82, 2.24) is 15.0 Å². The van der Waals surface area contributed by atoms with E-state index in [9.17, 15) is 9.90 Å². The number of halogens is 1. The normalized spacial score (nSPS) is 10.8. The van der Waals surface area contributed by atoms with Crippen LogP contribution in [0.1, 0.15) is 10.4 Å². The second-order valence-corrected chi connectivity index (χ2v) is 5.75. The van der Waals surface area contributed by atoms with Crippen LogP contribution in [0.5, 0.6) is 5.75 Å². The van der Waals surface area contributed by atoms with Crippen molar-refractivity contribution in [2.45, 2.75) is 0 Å². The fourth-order valence-corrected chi connectivity index (χ4v) is 2.64. The topological polar surface area (TPSA) is 101 Å². The van der Waals surface area contributed by atoms with Crippen molar-refractivity contribution in [3.63, 3.8) is 0 Å². The Morgan fingerprint density at radius 1 is 1.19 bits per heavy atom. The van der Waals surface area contributed by atoms with Gasteiger partial charge in [-0.1, -0.05) is 11.6 Å². The van der Waals surface area contributed by atoms with Crippen LogP contribution in [0, 0.1) is 0 Å². The van der Waals surface area contributed by atoms with Crippen LogP contribution in [-0.2, 0) is 0 Å². The molecule has 128 valence electrons. The Morgan fingerprint density at radius 3 is 2.88 bits per heavy atom. The summed E-state index contributed by atoms with van der Waals surface area (Å²) in [5.74, 6) is -0.218. The summed E-state index contributed by atoms with van der Waals surface area (Å²) < 4.78 is 5.64. The molecule has 8 heteroatoms. The van der Waals surface area contributed by atoms with Crippen LogP contribution in [0.2, 0.25) is 5.15 Å². The van der Waals surface area contributed by atoms with Crippen LogP contribution in [0.15, 0.2) is 59.4 Å². The van der Waals surface area contributed by atoms with Crippen molar-refractivity contribution in [3.8, 4) is 17.2 Å². The number of phenolic OH excluding ortho intramolecular Hbond substituents is 1. The van der Waals surface area contributed by atoms with Crippen molar-refractivity contribution in [2.24, 2.45) is 0 Å². The standard InChI is InChI=1S/C18H11ClN4O3/c19-16-11(2-1-6-21-16)17(25)22-10-3-4-14(24)12(8-10)18-23-13-9-20-7-5-15(13)26-18/h1-9,24H,(H,22,25). The molecule has 0 saturated heterocycles. The number of oxazole rings is 1. The summed E-state index contributed by atoms with van der Waals surface area (Å²) >= 11 is 5.94. The predicted octanol–water partition coefficient (Wildman–Crippen LogP) is 3.90. The summed E-state index contributed by atoms with van der Waals surface area (Å²) in [6.45, 7) is 0. The van der Waals surface area contributed by atoms with Gasteiger partial charge in [-0.2, -0.15) is 0 Å². The molecule has 0 spiro atoms. The first-order valence-electron chi connectivity index (χ1n) is 7.57. The molecule has 2 N–H and O–H groups in total. The third kappa shape index (κ3) is 2.96. The molecule has 1 aromatic carbocycles. The van der Waals surface area contributed by atoms with E-state index in [1.54, 1.807) is 42.7 Å². The van der Waals surface area contributed by atoms with E-state index in [1.165, 1.54) is 12.3 Å². The zero-order chi connectivity index (χ0) is 18.1. The average Bonchev–Trinajstić information content (AvgIpc) is 3.07. The zero-order valence-electron chi connectivity index (χ0n) is 13.2. The quantitative estimate of drug-likeness (QED) is 0.421. The molecule has 0 fully saturated rings. The fraction of sp³-hybridized carbons (Fsp3) is 0. The van der Waals surface area contributed by atoms with Crippen LogP contribution >= 0.6 is 11.6 Å². The molecule has 1 amide bonds. The fourth-order valence-electron chi connectivity index (χ4n) is 2.43. The van der Waals surface area contributed by atoms with E-state index in [4.69, 9.17) is 16.0 Å². The molecule has 0 atom stereocenters. The minimum atomic E-state index is -0.415. The smallest absolute Gasteiger partial charge is 0.258 e. The van der Waals surface area contributed by atoms with Gasteiger partial charge in [0, 0.05) is 24.1 Å². The Balaban J connectivity index is 1.68. The van der Waals surface area contributed by atoms with Gasteiger partial charge in [-0.3, -0.25) is 9.78 Å². The van der Waals surface area contributed by atoms with Gasteiger partial charge in [0.2, 0.25) is 5.89 Å². The van der Waals surface area contributed by atoms with Crippen LogP contribution in [-0.4, -0.2) is 26.0 Å². The van der Waals surface area contributed by atoms with Gasteiger partial charge in [0.1, 0.15) is 16.4 Å². The van der Waals surface area contributed by atoms with Gasteiger partial charge in [-0.05, 0) is 30.3 Å². The summed E-state index contributed by atoms with van der Waals surface area (Å²) in [6.07, 6.45) is 4.65. The summed E-state index contributed by atoms with van der Waals surface area (Å²) in [5.41, 5.74) is 2.15. The van der Waals surface area contributed by atoms with E-state index in [-0.39, 0.29) is 22.4 Å². The molecule has 0 aliphatic rings. The molecular formula is C18H11ClN4O3. The van der Waals surface area contributed by atoms with Crippen molar-refractivity contribution in [2.75, 3.05) is 5.32 Å². The number of fused-ring (bicyclic) bond motifs is 1. The molecule has 0 aliphatic carbocycles. The molecule has 0 aliphatic heterocycles. The number of carbonyl (C=O) groups excluding carboxylic acids is 1. The monoisotopic (exact) mass is 366 g/mol. The van der Waals surface area contributed by atoms with Crippen LogP contribution in [0.4, 0.5) is 5.69 Å². The second kappa shape index (κ2) is 6.45. The number of nitrogens with zero attached hydrogens (tertiary/aromatic N) is 3. The molecule has 26 heavy (non-hydrogen) atoms. The average molecular weight is 367 g/mol. The van der Waals surface area contributed by atoms with Crippen LogP contribution < -0.4 is 5.32 Å². The van der Waals surface area contributed by atoms with E-state index in [0.29, 0.717) is 22.4 Å². The third-order valence-corrected chi connectivity index (χ3v) is 3.98. The van der Waals surface area contributed by atoms with E-state index in [1.807, 2.05) is 0 Å². The van der Waals surface area contributed by atoms with Crippen molar-refractivity contribution in [1.29, 1.82) is 0 Å². The van der Waals surface area contributed by atoms with E-state index >= 15 is 0 Å². The van der Waals surface area contributed by atoms with Gasteiger partial charge in [0.25, 0.3) is 5.91 Å². The molecule has 0 bridgehead atoms. The van der Waals surface area contributed by atoms with Gasteiger partial charge in [0.05, 0.1) is 17.3 Å². The van der Waals surface area contributed by atoms with Gasteiger partial charge in [-0.25, -0.2) is 9.97 Å². The molecule has 0 unspecified atom stereocenters. The van der Waals surface area contributed by atoms with Crippen molar-refractivity contribution in [3.05, 3.63) is 65.7 Å². The lowest BCUT2D eigenvalue weighted by atomic mass is 10.1. The molecule has 3 heterocycles. The van der Waals surface area contributed by atoms with Crippen molar-refractivity contribution < 1.29 is 14.3 Å². The molecule has 0 radical (unpaired) electrons. The number of phenols is 1. The second-order valence-electron chi connectivity index (χ2n) is 5.39. The largest absolute Gasteiger partial charge is 0.507 e. The maximum atomic E-state index is 12.4. The van der Waals surface area contributed by atoms with E-state index in [0.717, 1.165) is 0 Å². The minimum absolute atomic E-state index is 0.0260. The molecule has 4 aromatic rings. The number of aromatic hydroxyl groups is 1. The highest BCUT2D eigenvalue weighted by atomic mass is 35.5. The van der Waals surface area contributed by atoms with Gasteiger partial charge in [-0.15, -0.1) is 0 Å². The van der Waals surface area contributed by atoms with Crippen LogP contribution in [0.25, 0.3) is 22.6 Å². The Morgan fingerprint density at radius 2 is 2.08 bits per heavy atom. The Labute approximate surface area is 152 Å². The van der Waals surface area contributed by atoms with E-state index in [2.05, 4.69) is 20.3 Å². The summed E-state index contributed by atoms with van der Waals surface area (Å²) in [4.78, 5) is 24.5. The van der Waals surface area contributed by atoms with Gasteiger partial charge in [0.15, 0.2) is 5.58 Å². The number of nitrogens with one attached hydrogen (secondary N) is 1. The number of hydrogen-bond donors (Lipinski definition) is 2. The molecule has 3 aromatic heterocycles. The first-order valence-corrected chi connectivity index (χ1v) is 7.95. The number of hydrogen-bond acceptors (Lipinski definition) is 6. The third-order valence-electron chi connectivity index (χ3n) is 3.68. The molecular weight excluding hydrogens is 356 g/mol. The Bertz CT molecular complexity index is 1090. The molecule has 0 saturated carbocycles. The zero-order valence-corrected chi connectivity index (χ0v) is 13.9. The van der Waals surface area contributed by atoms with Crippen molar-refractivity contribution >= 4 is 34.3 Å². The highest BCUT2D eigenvalue weighted by Gasteiger charge is 2.15. The molecule has 7 nitrogen and oxygen atoms in total. The number of anilines is 1. The van der Waals surface area contributed by atoms with E-state index < -0.39 is 5.91 Å². The first-order chi connectivity index (χ1) is 12.6. The number of carbonyl (C=O) groups is 1. The summed E-state index contributed by atoms with van der Waals surface area (Å²) in [6, 6.07) is 9.44. The maximum Gasteiger partial charge on any atom is 0.258 e. The number of amides is 1. The van der Waals surface area contributed by atoms with Gasteiger partial charge < -0.3 is 14.8 Å². The predicted molar refractivity (Wildman–Crippen MR) is 96.1 cm³/mol. The lowest BCUT2D eigenvalue weighted by molar-refractivity contribution is 0.102. The van der Waals surface area contributed by atoms with Crippen LogP contribution in [0.3, 0.4) is 0 Å².